The molecule has 2 aromatic carbocycles. The number of fused-ring (bicyclic) bond motifs is 1. The number of hydrogen-bond acceptors (Lipinski definition) is 9. The number of nitrogens with zero attached hydrogens (tertiary/aromatic N) is 2. The van der Waals surface area contributed by atoms with E-state index in [1.54, 1.807) is 38.1 Å². The number of ether oxygens (including phenoxy) is 4. The molecule has 39 heavy (non-hydrogen) atoms. The summed E-state index contributed by atoms with van der Waals surface area (Å²) in [7, 11) is 0. The van der Waals surface area contributed by atoms with Gasteiger partial charge in [0, 0.05) is 6.92 Å². The van der Waals surface area contributed by atoms with Gasteiger partial charge in [-0.25, -0.2) is 9.79 Å². The summed E-state index contributed by atoms with van der Waals surface area (Å²) in [5.41, 5.74) is 1.91. The SMILES string of the molecule is CCOC(=O)C1=C(C)N=c2s/c(=C\c3ccc(OC(C)=O)c(OCC)c3)c(=O)n2[C@@H]1c1ccc(OCC)cc1. The highest BCUT2D eigenvalue weighted by atomic mass is 32.1. The molecule has 9 nitrogen and oxygen atoms in total. The largest absolute Gasteiger partial charge is 0.494 e. The Morgan fingerprint density at radius 1 is 1.00 bits per heavy atom. The average molecular weight is 551 g/mol. The Bertz CT molecular complexity index is 1600. The smallest absolute Gasteiger partial charge is 0.338 e. The molecule has 0 saturated heterocycles. The molecule has 2 heterocycles. The van der Waals surface area contributed by atoms with Crippen LogP contribution in [0.25, 0.3) is 6.08 Å². The van der Waals surface area contributed by atoms with Crippen LogP contribution in [0.2, 0.25) is 0 Å². The Morgan fingerprint density at radius 3 is 2.36 bits per heavy atom. The first kappa shape index (κ1) is 27.8. The predicted molar refractivity (Wildman–Crippen MR) is 147 cm³/mol. The van der Waals surface area contributed by atoms with Crippen LogP contribution >= 0.6 is 11.3 Å². The summed E-state index contributed by atoms with van der Waals surface area (Å²) in [5.74, 6) is 0.401. The molecular weight excluding hydrogens is 520 g/mol. The van der Waals surface area contributed by atoms with Gasteiger partial charge < -0.3 is 18.9 Å². The number of allylic oxidation sites excluding steroid dienone is 1. The fraction of sp³-hybridized carbons (Fsp3) is 0.310. The second-order valence-corrected chi connectivity index (χ2v) is 9.55. The molecule has 10 heteroatoms. The maximum absolute atomic E-state index is 13.8. The Balaban J connectivity index is 1.86. The second-order valence-electron chi connectivity index (χ2n) is 8.54. The lowest BCUT2D eigenvalue weighted by Crippen LogP contribution is -2.39. The first-order valence-corrected chi connectivity index (χ1v) is 13.5. The molecule has 0 N–H and O–H groups in total. The van der Waals surface area contributed by atoms with Gasteiger partial charge in [-0.2, -0.15) is 0 Å². The molecule has 1 atom stereocenters. The quantitative estimate of drug-likeness (QED) is 0.297. The van der Waals surface area contributed by atoms with Crippen molar-refractivity contribution in [3.05, 3.63) is 84.5 Å². The van der Waals surface area contributed by atoms with E-state index in [0.717, 1.165) is 5.56 Å². The van der Waals surface area contributed by atoms with Crippen molar-refractivity contribution in [3.63, 3.8) is 0 Å². The second kappa shape index (κ2) is 12.1. The Hall–Kier alpha value is -4.18. The molecule has 4 rings (SSSR count). The van der Waals surface area contributed by atoms with Gasteiger partial charge in [0.1, 0.15) is 5.75 Å². The summed E-state index contributed by atoms with van der Waals surface area (Å²) in [6.45, 7) is 9.61. The number of carbonyl (C=O) groups excluding carboxylic acids is 2. The molecule has 0 aliphatic carbocycles. The van der Waals surface area contributed by atoms with Gasteiger partial charge in [0.05, 0.1) is 41.7 Å². The molecule has 0 amide bonds. The average Bonchev–Trinajstić information content (AvgIpc) is 3.19. The number of aromatic nitrogens is 1. The Morgan fingerprint density at radius 2 is 1.72 bits per heavy atom. The van der Waals surface area contributed by atoms with Gasteiger partial charge in [0.2, 0.25) is 0 Å². The van der Waals surface area contributed by atoms with Crippen LogP contribution < -0.4 is 29.1 Å². The van der Waals surface area contributed by atoms with Crippen LogP contribution in [-0.2, 0) is 14.3 Å². The molecule has 0 saturated carbocycles. The number of benzene rings is 2. The fourth-order valence-corrected chi connectivity index (χ4v) is 5.34. The molecule has 0 bridgehead atoms. The van der Waals surface area contributed by atoms with Gasteiger partial charge in [-0.05, 0) is 69.2 Å². The van der Waals surface area contributed by atoms with E-state index in [-0.39, 0.29) is 12.2 Å². The highest BCUT2D eigenvalue weighted by Crippen LogP contribution is 2.32. The van der Waals surface area contributed by atoms with Crippen LogP contribution in [0.4, 0.5) is 0 Å². The van der Waals surface area contributed by atoms with Crippen molar-refractivity contribution in [1.29, 1.82) is 0 Å². The normalized spacial score (nSPS) is 14.9. The monoisotopic (exact) mass is 550 g/mol. The van der Waals surface area contributed by atoms with Gasteiger partial charge >= 0.3 is 11.9 Å². The summed E-state index contributed by atoms with van der Waals surface area (Å²) in [5, 5.41) is 0. The molecule has 1 aliphatic heterocycles. The zero-order valence-electron chi connectivity index (χ0n) is 22.5. The van der Waals surface area contributed by atoms with Gasteiger partial charge in [-0.3, -0.25) is 14.2 Å². The summed E-state index contributed by atoms with van der Waals surface area (Å²) in [4.78, 5) is 43.4. The highest BCUT2D eigenvalue weighted by Gasteiger charge is 2.33. The topological polar surface area (TPSA) is 105 Å². The van der Waals surface area contributed by atoms with Gasteiger partial charge in [-0.15, -0.1) is 0 Å². The molecule has 0 spiro atoms. The zero-order chi connectivity index (χ0) is 28.1. The Labute approximate surface area is 229 Å². The van der Waals surface area contributed by atoms with E-state index >= 15 is 0 Å². The minimum atomic E-state index is -0.719. The van der Waals surface area contributed by atoms with Gasteiger partial charge in [0.25, 0.3) is 5.56 Å². The lowest BCUT2D eigenvalue weighted by molar-refractivity contribution is -0.139. The summed E-state index contributed by atoms with van der Waals surface area (Å²) < 4.78 is 23.7. The van der Waals surface area contributed by atoms with Crippen LogP contribution in [0, 0.1) is 0 Å². The maximum atomic E-state index is 13.8. The van der Waals surface area contributed by atoms with Crippen molar-refractivity contribution in [2.24, 2.45) is 4.99 Å². The molecule has 0 fully saturated rings. The summed E-state index contributed by atoms with van der Waals surface area (Å²) in [6.07, 6.45) is 1.72. The molecule has 0 radical (unpaired) electrons. The fourth-order valence-electron chi connectivity index (χ4n) is 4.29. The number of carbonyl (C=O) groups is 2. The lowest BCUT2D eigenvalue weighted by Gasteiger charge is -2.24. The van der Waals surface area contributed by atoms with Crippen molar-refractivity contribution in [3.8, 4) is 17.2 Å². The number of rotatable bonds is 9. The maximum Gasteiger partial charge on any atom is 0.338 e. The molecular formula is C29H30N2O7S. The third kappa shape index (κ3) is 5.96. The van der Waals surface area contributed by atoms with Crippen LogP contribution in [0.15, 0.2) is 63.5 Å². The molecule has 1 aromatic heterocycles. The van der Waals surface area contributed by atoms with Gasteiger partial charge in [-0.1, -0.05) is 29.5 Å². The van der Waals surface area contributed by atoms with E-state index in [2.05, 4.69) is 4.99 Å². The van der Waals surface area contributed by atoms with E-state index in [1.165, 1.54) is 22.8 Å². The third-order valence-corrected chi connectivity index (χ3v) is 6.83. The first-order valence-electron chi connectivity index (χ1n) is 12.6. The van der Waals surface area contributed by atoms with Crippen molar-refractivity contribution in [2.75, 3.05) is 19.8 Å². The molecule has 1 aliphatic rings. The van der Waals surface area contributed by atoms with Crippen molar-refractivity contribution in [1.82, 2.24) is 4.57 Å². The van der Waals surface area contributed by atoms with Crippen LogP contribution in [0.1, 0.15) is 51.8 Å². The van der Waals surface area contributed by atoms with E-state index in [0.29, 0.717) is 56.6 Å². The highest BCUT2D eigenvalue weighted by molar-refractivity contribution is 7.07. The van der Waals surface area contributed by atoms with Gasteiger partial charge in [0.15, 0.2) is 16.3 Å². The molecule has 204 valence electrons. The van der Waals surface area contributed by atoms with Crippen LogP contribution in [0.3, 0.4) is 0 Å². The predicted octanol–water partition coefficient (Wildman–Crippen LogP) is 3.52. The Kier molecular flexibility index (Phi) is 8.65. The van der Waals surface area contributed by atoms with Crippen LogP contribution in [0.5, 0.6) is 17.2 Å². The number of thiazole rings is 1. The lowest BCUT2D eigenvalue weighted by atomic mass is 9.96. The van der Waals surface area contributed by atoms with E-state index in [1.807, 2.05) is 38.1 Å². The summed E-state index contributed by atoms with van der Waals surface area (Å²) >= 11 is 1.22. The first-order chi connectivity index (χ1) is 18.8. The standard InChI is InChI=1S/C29H30N2O7S/c1-6-35-21-12-10-20(11-13-21)26-25(28(34)37-8-3)17(4)30-29-31(26)27(33)24(39-29)16-19-9-14-22(38-18(5)32)23(15-19)36-7-2/h9-16,26H,6-8H2,1-5H3/b24-16-/t26-/m1/s1. The third-order valence-electron chi connectivity index (χ3n) is 5.84. The minimum Gasteiger partial charge on any atom is -0.494 e. The molecule has 0 unspecified atom stereocenters. The zero-order valence-corrected chi connectivity index (χ0v) is 23.3. The number of hydrogen-bond donors (Lipinski definition) is 0. The van der Waals surface area contributed by atoms with Crippen molar-refractivity contribution >= 4 is 29.4 Å². The molecule has 3 aromatic rings. The summed E-state index contributed by atoms with van der Waals surface area (Å²) in [6, 6.07) is 11.7. The minimum absolute atomic E-state index is 0.196. The van der Waals surface area contributed by atoms with Crippen molar-refractivity contribution in [2.45, 2.75) is 40.7 Å². The van der Waals surface area contributed by atoms with E-state index < -0.39 is 18.0 Å². The van der Waals surface area contributed by atoms with E-state index in [4.69, 9.17) is 18.9 Å². The van der Waals surface area contributed by atoms with E-state index in [9.17, 15) is 14.4 Å². The van der Waals surface area contributed by atoms with Crippen LogP contribution in [-0.4, -0.2) is 36.3 Å². The van der Waals surface area contributed by atoms with Crippen molar-refractivity contribution < 1.29 is 28.5 Å². The number of esters is 2.